The Morgan fingerprint density at radius 3 is 2.62 bits per heavy atom. The highest BCUT2D eigenvalue weighted by Crippen LogP contribution is 2.38. The lowest BCUT2D eigenvalue weighted by Gasteiger charge is -2.44. The zero-order valence-electron chi connectivity index (χ0n) is 13.9. The third-order valence-electron chi connectivity index (χ3n) is 4.82. The summed E-state index contributed by atoms with van der Waals surface area (Å²) in [6.45, 7) is 7.78. The van der Waals surface area contributed by atoms with Crippen LogP contribution in [-0.4, -0.2) is 36.7 Å². The van der Waals surface area contributed by atoms with Crippen LogP contribution in [0, 0.1) is 5.92 Å². The minimum absolute atomic E-state index is 0.0995. The van der Waals surface area contributed by atoms with Crippen LogP contribution in [0.1, 0.15) is 65.7 Å². The fraction of sp³-hybridized carbons (Fsp3) is 0.941. The average molecular weight is 296 g/mol. The molecule has 2 atom stereocenters. The van der Waals surface area contributed by atoms with Crippen molar-refractivity contribution in [1.82, 2.24) is 10.6 Å². The molecule has 2 aliphatic rings. The SMILES string of the molecule is CC(C)CNC(=O)C(C)NC1CCOC2(CCCCC2)C1. The van der Waals surface area contributed by atoms with E-state index in [4.69, 9.17) is 4.74 Å². The first-order chi connectivity index (χ1) is 10.0. The van der Waals surface area contributed by atoms with E-state index in [-0.39, 0.29) is 17.6 Å². The predicted molar refractivity (Wildman–Crippen MR) is 85.2 cm³/mol. The molecule has 1 amide bonds. The molecule has 4 heteroatoms. The van der Waals surface area contributed by atoms with E-state index >= 15 is 0 Å². The normalized spacial score (nSPS) is 26.8. The van der Waals surface area contributed by atoms with E-state index < -0.39 is 0 Å². The van der Waals surface area contributed by atoms with E-state index in [1.165, 1.54) is 32.1 Å². The number of nitrogens with one attached hydrogen (secondary N) is 2. The van der Waals surface area contributed by atoms with Gasteiger partial charge in [-0.2, -0.15) is 0 Å². The summed E-state index contributed by atoms with van der Waals surface area (Å²) in [6, 6.07) is 0.296. The number of amides is 1. The number of carbonyl (C=O) groups is 1. The molecule has 0 aromatic carbocycles. The van der Waals surface area contributed by atoms with Crippen LogP contribution in [-0.2, 0) is 9.53 Å². The Morgan fingerprint density at radius 2 is 1.95 bits per heavy atom. The van der Waals surface area contributed by atoms with Crippen LogP contribution in [0.4, 0.5) is 0 Å². The number of ether oxygens (including phenoxy) is 1. The second-order valence-corrected chi connectivity index (χ2v) is 7.31. The quantitative estimate of drug-likeness (QED) is 0.820. The van der Waals surface area contributed by atoms with Crippen molar-refractivity contribution in [2.45, 2.75) is 83.4 Å². The Hall–Kier alpha value is -0.610. The van der Waals surface area contributed by atoms with E-state index in [0.29, 0.717) is 12.0 Å². The van der Waals surface area contributed by atoms with Gasteiger partial charge in [-0.25, -0.2) is 0 Å². The smallest absolute Gasteiger partial charge is 0.236 e. The molecule has 2 unspecified atom stereocenters. The molecule has 0 aromatic rings. The Balaban J connectivity index is 1.80. The summed E-state index contributed by atoms with van der Waals surface area (Å²) < 4.78 is 6.12. The lowest BCUT2D eigenvalue weighted by atomic mass is 9.78. The molecule has 1 heterocycles. The molecule has 1 aliphatic carbocycles. The lowest BCUT2D eigenvalue weighted by Crippen LogP contribution is -2.53. The molecule has 0 aromatic heterocycles. The molecule has 0 radical (unpaired) electrons. The first-order valence-corrected chi connectivity index (χ1v) is 8.68. The van der Waals surface area contributed by atoms with Crippen LogP contribution in [0.25, 0.3) is 0 Å². The van der Waals surface area contributed by atoms with Crippen LogP contribution in [0.15, 0.2) is 0 Å². The van der Waals surface area contributed by atoms with Gasteiger partial charge in [0, 0.05) is 19.2 Å². The van der Waals surface area contributed by atoms with Crippen LogP contribution < -0.4 is 10.6 Å². The maximum Gasteiger partial charge on any atom is 0.236 e. The second kappa shape index (κ2) is 7.59. The van der Waals surface area contributed by atoms with Crippen molar-refractivity contribution in [3.8, 4) is 0 Å². The van der Waals surface area contributed by atoms with Crippen molar-refractivity contribution in [2.24, 2.45) is 5.92 Å². The van der Waals surface area contributed by atoms with Crippen LogP contribution in [0.3, 0.4) is 0 Å². The van der Waals surface area contributed by atoms with Gasteiger partial charge in [0.1, 0.15) is 0 Å². The van der Waals surface area contributed by atoms with Gasteiger partial charge in [-0.3, -0.25) is 4.79 Å². The molecule has 2 N–H and O–H groups in total. The molecule has 1 spiro atoms. The van der Waals surface area contributed by atoms with Crippen molar-refractivity contribution < 1.29 is 9.53 Å². The second-order valence-electron chi connectivity index (χ2n) is 7.31. The summed E-state index contributed by atoms with van der Waals surface area (Å²) >= 11 is 0. The van der Waals surface area contributed by atoms with Gasteiger partial charge in [0.2, 0.25) is 5.91 Å². The summed E-state index contributed by atoms with van der Waals surface area (Å²) in [4.78, 5) is 12.1. The highest BCUT2D eigenvalue weighted by molar-refractivity contribution is 5.81. The summed E-state index contributed by atoms with van der Waals surface area (Å²) in [5.74, 6) is 0.614. The standard InChI is InChI=1S/C17H32N2O2/c1-13(2)12-18-16(20)14(3)19-15-7-10-21-17(11-15)8-5-4-6-9-17/h13-15,19H,4-12H2,1-3H3,(H,18,20). The first-order valence-electron chi connectivity index (χ1n) is 8.68. The van der Waals surface area contributed by atoms with E-state index in [2.05, 4.69) is 24.5 Å². The number of rotatable bonds is 5. The zero-order chi connectivity index (χ0) is 15.3. The van der Waals surface area contributed by atoms with E-state index in [1.807, 2.05) is 6.92 Å². The fourth-order valence-corrected chi connectivity index (χ4v) is 3.60. The average Bonchev–Trinajstić information content (AvgIpc) is 2.45. The monoisotopic (exact) mass is 296 g/mol. The predicted octanol–water partition coefficient (Wildman–Crippen LogP) is 2.62. The van der Waals surface area contributed by atoms with Gasteiger partial charge >= 0.3 is 0 Å². The molecular formula is C17H32N2O2. The summed E-state index contributed by atoms with van der Waals surface area (Å²) in [7, 11) is 0. The van der Waals surface area contributed by atoms with E-state index in [1.54, 1.807) is 0 Å². The van der Waals surface area contributed by atoms with Crippen molar-refractivity contribution in [2.75, 3.05) is 13.2 Å². The molecular weight excluding hydrogens is 264 g/mol. The number of carbonyl (C=O) groups excluding carboxylic acids is 1. The van der Waals surface area contributed by atoms with Gasteiger partial charge in [0.05, 0.1) is 11.6 Å². The third-order valence-corrected chi connectivity index (χ3v) is 4.82. The molecule has 1 aliphatic heterocycles. The summed E-state index contributed by atoms with van der Waals surface area (Å²) in [6.07, 6.45) is 8.39. The number of hydrogen-bond acceptors (Lipinski definition) is 3. The molecule has 4 nitrogen and oxygen atoms in total. The topological polar surface area (TPSA) is 50.4 Å². The van der Waals surface area contributed by atoms with Gasteiger partial charge in [-0.1, -0.05) is 33.1 Å². The Bertz CT molecular complexity index is 332. The molecule has 2 fully saturated rings. The zero-order valence-corrected chi connectivity index (χ0v) is 13.9. The van der Waals surface area contributed by atoms with Crippen LogP contribution in [0.2, 0.25) is 0 Å². The van der Waals surface area contributed by atoms with Gasteiger partial charge < -0.3 is 15.4 Å². The first kappa shape index (κ1) is 16.8. The molecule has 122 valence electrons. The molecule has 1 saturated carbocycles. The van der Waals surface area contributed by atoms with Gasteiger partial charge in [0.15, 0.2) is 0 Å². The Kier molecular flexibility index (Phi) is 6.06. The van der Waals surface area contributed by atoms with Crippen LogP contribution in [0.5, 0.6) is 0 Å². The maximum atomic E-state index is 12.1. The summed E-state index contributed by atoms with van der Waals surface area (Å²) in [5.41, 5.74) is 0.0995. The molecule has 21 heavy (non-hydrogen) atoms. The van der Waals surface area contributed by atoms with Gasteiger partial charge in [0.25, 0.3) is 0 Å². The van der Waals surface area contributed by atoms with Gasteiger partial charge in [-0.15, -0.1) is 0 Å². The maximum absolute atomic E-state index is 12.1. The molecule has 2 rings (SSSR count). The lowest BCUT2D eigenvalue weighted by molar-refractivity contribution is -0.126. The largest absolute Gasteiger partial charge is 0.375 e. The highest BCUT2D eigenvalue weighted by Gasteiger charge is 2.38. The molecule has 0 bridgehead atoms. The van der Waals surface area contributed by atoms with Crippen molar-refractivity contribution in [3.63, 3.8) is 0 Å². The van der Waals surface area contributed by atoms with Crippen molar-refractivity contribution in [3.05, 3.63) is 0 Å². The number of hydrogen-bond donors (Lipinski definition) is 2. The fourth-order valence-electron chi connectivity index (χ4n) is 3.60. The summed E-state index contributed by atoms with van der Waals surface area (Å²) in [5, 5.41) is 6.53. The van der Waals surface area contributed by atoms with Crippen LogP contribution >= 0.6 is 0 Å². The van der Waals surface area contributed by atoms with Gasteiger partial charge in [-0.05, 0) is 38.5 Å². The Morgan fingerprint density at radius 1 is 1.24 bits per heavy atom. The minimum atomic E-state index is -0.118. The van der Waals surface area contributed by atoms with E-state index in [0.717, 1.165) is 26.0 Å². The van der Waals surface area contributed by atoms with E-state index in [9.17, 15) is 4.79 Å². The van der Waals surface area contributed by atoms with Crippen molar-refractivity contribution >= 4 is 5.91 Å². The third kappa shape index (κ3) is 4.96. The molecule has 1 saturated heterocycles. The van der Waals surface area contributed by atoms with Crippen molar-refractivity contribution in [1.29, 1.82) is 0 Å². The minimum Gasteiger partial charge on any atom is -0.375 e. The highest BCUT2D eigenvalue weighted by atomic mass is 16.5. The Labute approximate surface area is 129 Å².